The maximum Gasteiger partial charge on any atom is 0.228 e. The van der Waals surface area contributed by atoms with E-state index >= 15 is 0 Å². The molecule has 2 aliphatic rings. The second kappa shape index (κ2) is 5.60. The summed E-state index contributed by atoms with van der Waals surface area (Å²) in [7, 11) is 0. The van der Waals surface area contributed by atoms with Gasteiger partial charge in [-0.05, 0) is 31.6 Å². The van der Waals surface area contributed by atoms with Crippen molar-refractivity contribution in [3.63, 3.8) is 0 Å². The zero-order valence-corrected chi connectivity index (χ0v) is 12.0. The zero-order valence-electron chi connectivity index (χ0n) is 12.0. The first-order valence-corrected chi connectivity index (χ1v) is 7.59. The van der Waals surface area contributed by atoms with Crippen LogP contribution in [-0.2, 0) is 4.79 Å². The SMILES string of the molecule is CC1CCCN(C(=O)C2(C)CCCCC2)C1CN. The van der Waals surface area contributed by atoms with Gasteiger partial charge in [-0.15, -0.1) is 0 Å². The molecule has 2 atom stereocenters. The minimum atomic E-state index is -0.108. The molecule has 0 aromatic carbocycles. The molecule has 0 bridgehead atoms. The van der Waals surface area contributed by atoms with E-state index in [0.717, 1.165) is 25.8 Å². The molecule has 1 saturated heterocycles. The van der Waals surface area contributed by atoms with E-state index in [1.807, 2.05) is 0 Å². The van der Waals surface area contributed by atoms with E-state index < -0.39 is 0 Å². The second-order valence-electron chi connectivity index (χ2n) is 6.54. The van der Waals surface area contributed by atoms with Crippen molar-refractivity contribution < 1.29 is 4.79 Å². The summed E-state index contributed by atoms with van der Waals surface area (Å²) in [6.45, 7) is 5.94. The first kappa shape index (κ1) is 13.9. The van der Waals surface area contributed by atoms with Gasteiger partial charge in [0.15, 0.2) is 0 Å². The summed E-state index contributed by atoms with van der Waals surface area (Å²) in [6, 6.07) is 0.269. The fraction of sp³-hybridized carbons (Fsp3) is 0.933. The third-order valence-electron chi connectivity index (χ3n) is 5.09. The van der Waals surface area contributed by atoms with Crippen molar-refractivity contribution in [2.24, 2.45) is 17.1 Å². The lowest BCUT2D eigenvalue weighted by atomic mass is 9.73. The highest BCUT2D eigenvalue weighted by molar-refractivity contribution is 5.83. The molecule has 18 heavy (non-hydrogen) atoms. The van der Waals surface area contributed by atoms with Gasteiger partial charge in [0.25, 0.3) is 0 Å². The quantitative estimate of drug-likeness (QED) is 0.821. The fourth-order valence-corrected chi connectivity index (χ4v) is 3.75. The summed E-state index contributed by atoms with van der Waals surface area (Å²) in [5.74, 6) is 0.934. The van der Waals surface area contributed by atoms with Crippen LogP contribution in [-0.4, -0.2) is 29.9 Å². The summed E-state index contributed by atoms with van der Waals surface area (Å²) in [5, 5.41) is 0. The smallest absolute Gasteiger partial charge is 0.228 e. The van der Waals surface area contributed by atoms with Crippen molar-refractivity contribution in [1.29, 1.82) is 0 Å². The van der Waals surface area contributed by atoms with Gasteiger partial charge in [0.2, 0.25) is 5.91 Å². The van der Waals surface area contributed by atoms with Gasteiger partial charge in [0.1, 0.15) is 0 Å². The van der Waals surface area contributed by atoms with Crippen molar-refractivity contribution in [2.75, 3.05) is 13.1 Å². The number of nitrogens with zero attached hydrogens (tertiary/aromatic N) is 1. The van der Waals surface area contributed by atoms with Gasteiger partial charge < -0.3 is 10.6 Å². The summed E-state index contributed by atoms with van der Waals surface area (Å²) >= 11 is 0. The van der Waals surface area contributed by atoms with Crippen LogP contribution in [0.25, 0.3) is 0 Å². The summed E-state index contributed by atoms with van der Waals surface area (Å²) in [5.41, 5.74) is 5.79. The van der Waals surface area contributed by atoms with Gasteiger partial charge in [-0.25, -0.2) is 0 Å². The number of carbonyl (C=O) groups excluding carboxylic acids is 1. The van der Waals surface area contributed by atoms with Crippen LogP contribution < -0.4 is 5.73 Å². The second-order valence-corrected chi connectivity index (χ2v) is 6.54. The topological polar surface area (TPSA) is 46.3 Å². The van der Waals surface area contributed by atoms with E-state index in [2.05, 4.69) is 18.7 Å². The monoisotopic (exact) mass is 252 g/mol. The maximum absolute atomic E-state index is 12.9. The number of piperidine rings is 1. The molecule has 1 aliphatic heterocycles. The molecule has 1 saturated carbocycles. The van der Waals surface area contributed by atoms with Gasteiger partial charge >= 0.3 is 0 Å². The molecule has 1 amide bonds. The number of nitrogens with two attached hydrogens (primary N) is 1. The molecule has 3 heteroatoms. The molecule has 3 nitrogen and oxygen atoms in total. The Hall–Kier alpha value is -0.570. The van der Waals surface area contributed by atoms with Crippen molar-refractivity contribution in [3.8, 4) is 0 Å². The molecular weight excluding hydrogens is 224 g/mol. The molecule has 1 heterocycles. The Morgan fingerprint density at radius 1 is 1.28 bits per heavy atom. The van der Waals surface area contributed by atoms with Crippen molar-refractivity contribution in [3.05, 3.63) is 0 Å². The molecule has 0 aromatic rings. The molecule has 0 aromatic heterocycles. The average molecular weight is 252 g/mol. The summed E-state index contributed by atoms with van der Waals surface area (Å²) < 4.78 is 0. The van der Waals surface area contributed by atoms with E-state index in [0.29, 0.717) is 18.4 Å². The van der Waals surface area contributed by atoms with E-state index in [-0.39, 0.29) is 11.5 Å². The van der Waals surface area contributed by atoms with E-state index in [1.165, 1.54) is 25.7 Å². The minimum absolute atomic E-state index is 0.108. The van der Waals surface area contributed by atoms with Crippen LogP contribution in [0, 0.1) is 11.3 Å². The number of rotatable bonds is 2. The third kappa shape index (κ3) is 2.56. The van der Waals surface area contributed by atoms with E-state index in [4.69, 9.17) is 5.73 Å². The Morgan fingerprint density at radius 3 is 2.56 bits per heavy atom. The molecular formula is C15H28N2O. The van der Waals surface area contributed by atoms with Crippen LogP contribution in [0.1, 0.15) is 58.8 Å². The van der Waals surface area contributed by atoms with Crippen LogP contribution >= 0.6 is 0 Å². The highest BCUT2D eigenvalue weighted by atomic mass is 16.2. The van der Waals surface area contributed by atoms with Gasteiger partial charge in [0.05, 0.1) is 0 Å². The Balaban J connectivity index is 2.10. The molecule has 0 spiro atoms. The molecule has 2 N–H and O–H groups in total. The lowest BCUT2D eigenvalue weighted by Gasteiger charge is -2.45. The number of amides is 1. The number of carbonyl (C=O) groups is 1. The van der Waals surface area contributed by atoms with Crippen molar-refractivity contribution in [2.45, 2.75) is 64.8 Å². The van der Waals surface area contributed by atoms with Crippen LogP contribution in [0.3, 0.4) is 0 Å². The zero-order chi connectivity index (χ0) is 13.2. The average Bonchev–Trinajstić information content (AvgIpc) is 2.38. The standard InChI is InChI=1S/C15H28N2O/c1-12-7-6-10-17(13(12)11-16)14(18)15(2)8-4-3-5-9-15/h12-13H,3-11,16H2,1-2H3. The normalized spacial score (nSPS) is 32.3. The molecule has 1 aliphatic carbocycles. The predicted molar refractivity (Wildman–Crippen MR) is 74.1 cm³/mol. The first-order chi connectivity index (χ1) is 8.58. The Morgan fingerprint density at radius 2 is 1.94 bits per heavy atom. The fourth-order valence-electron chi connectivity index (χ4n) is 3.75. The van der Waals surface area contributed by atoms with Crippen molar-refractivity contribution in [1.82, 2.24) is 4.90 Å². The Kier molecular flexibility index (Phi) is 4.31. The first-order valence-electron chi connectivity index (χ1n) is 7.59. The molecule has 0 radical (unpaired) electrons. The van der Waals surface area contributed by atoms with Gasteiger partial charge in [0, 0.05) is 24.5 Å². The van der Waals surface area contributed by atoms with Crippen LogP contribution in [0.4, 0.5) is 0 Å². The molecule has 2 rings (SSSR count). The summed E-state index contributed by atoms with van der Waals surface area (Å²) in [6.07, 6.45) is 8.18. The van der Waals surface area contributed by atoms with Crippen LogP contribution in [0.2, 0.25) is 0 Å². The maximum atomic E-state index is 12.9. The largest absolute Gasteiger partial charge is 0.338 e. The lowest BCUT2D eigenvalue weighted by molar-refractivity contribution is -0.148. The predicted octanol–water partition coefficient (Wildman–Crippen LogP) is 2.54. The van der Waals surface area contributed by atoms with Crippen LogP contribution in [0.15, 0.2) is 0 Å². The minimum Gasteiger partial charge on any atom is -0.338 e. The third-order valence-corrected chi connectivity index (χ3v) is 5.09. The molecule has 2 unspecified atom stereocenters. The number of hydrogen-bond acceptors (Lipinski definition) is 2. The van der Waals surface area contributed by atoms with Crippen molar-refractivity contribution >= 4 is 5.91 Å². The number of hydrogen-bond donors (Lipinski definition) is 1. The molecule has 104 valence electrons. The Bertz CT molecular complexity index is 297. The van der Waals surface area contributed by atoms with Gasteiger partial charge in [-0.1, -0.05) is 33.1 Å². The summed E-state index contributed by atoms with van der Waals surface area (Å²) in [4.78, 5) is 15.0. The number of likely N-dealkylation sites (tertiary alicyclic amines) is 1. The molecule has 2 fully saturated rings. The Labute approximate surface area is 111 Å². The van der Waals surface area contributed by atoms with Gasteiger partial charge in [-0.3, -0.25) is 4.79 Å². The van der Waals surface area contributed by atoms with Crippen LogP contribution in [0.5, 0.6) is 0 Å². The van der Waals surface area contributed by atoms with E-state index in [1.54, 1.807) is 0 Å². The highest BCUT2D eigenvalue weighted by Gasteiger charge is 2.41. The lowest BCUT2D eigenvalue weighted by Crippen LogP contribution is -2.55. The van der Waals surface area contributed by atoms with E-state index in [9.17, 15) is 4.79 Å². The van der Waals surface area contributed by atoms with Gasteiger partial charge in [-0.2, -0.15) is 0 Å². The highest BCUT2D eigenvalue weighted by Crippen LogP contribution is 2.39.